The molecule has 0 radical (unpaired) electrons. The van der Waals surface area contributed by atoms with Gasteiger partial charge in [-0.25, -0.2) is 4.68 Å². The smallest absolute Gasteiger partial charge is 0.232 e. The number of nitrogen functional groups attached to an aromatic ring is 2. The maximum Gasteiger partial charge on any atom is 0.232 e. The summed E-state index contributed by atoms with van der Waals surface area (Å²) in [7, 11) is 1.59. The van der Waals surface area contributed by atoms with Gasteiger partial charge in [-0.2, -0.15) is 15.0 Å². The highest BCUT2D eigenvalue weighted by atomic mass is 35.5. The van der Waals surface area contributed by atoms with E-state index in [2.05, 4.69) is 30.5 Å². The number of nitrogens with one attached hydrogen (secondary N) is 1. The van der Waals surface area contributed by atoms with Crippen LogP contribution in [0.25, 0.3) is 11.4 Å². The Labute approximate surface area is 187 Å². The Morgan fingerprint density at radius 3 is 2.65 bits per heavy atom. The summed E-state index contributed by atoms with van der Waals surface area (Å²) in [4.78, 5) is 12.7. The quantitative estimate of drug-likeness (QED) is 0.281. The number of ether oxygens (including phenoxy) is 1. The zero-order chi connectivity index (χ0) is 21.8. The van der Waals surface area contributed by atoms with Crippen molar-refractivity contribution in [3.05, 3.63) is 59.4 Å². The number of halogens is 1. The number of nitrogens with zero attached hydrogens (tertiary/aromatic N) is 6. The van der Waals surface area contributed by atoms with E-state index in [4.69, 9.17) is 27.9 Å². The van der Waals surface area contributed by atoms with Crippen molar-refractivity contribution in [3.8, 4) is 17.1 Å². The van der Waals surface area contributed by atoms with E-state index in [1.807, 2.05) is 42.5 Å². The molecule has 0 aliphatic heterocycles. The third kappa shape index (κ3) is 4.62. The molecule has 0 atom stereocenters. The molecule has 4 aromatic rings. The van der Waals surface area contributed by atoms with Crippen LogP contribution < -0.4 is 21.6 Å². The summed E-state index contributed by atoms with van der Waals surface area (Å²) in [6.45, 7) is 0. The van der Waals surface area contributed by atoms with Gasteiger partial charge in [-0.3, -0.25) is 0 Å². The number of aromatic nitrogens is 6. The van der Waals surface area contributed by atoms with Crippen LogP contribution in [0.2, 0.25) is 5.02 Å². The number of hydrogen-bond acceptors (Lipinski definition) is 10. The second kappa shape index (κ2) is 9.06. The predicted molar refractivity (Wildman–Crippen MR) is 121 cm³/mol. The highest BCUT2D eigenvalue weighted by Crippen LogP contribution is 2.29. The number of nitrogens with two attached hydrogens (primary N) is 2. The number of methoxy groups -OCH3 is 1. The fourth-order valence-corrected chi connectivity index (χ4v) is 3.69. The van der Waals surface area contributed by atoms with Crippen LogP contribution in [0.4, 0.5) is 17.6 Å². The minimum absolute atomic E-state index is 0.0916. The first kappa shape index (κ1) is 20.7. The van der Waals surface area contributed by atoms with Crippen molar-refractivity contribution in [1.29, 1.82) is 0 Å². The molecular formula is C19H18ClN9OS. The van der Waals surface area contributed by atoms with Gasteiger partial charge >= 0.3 is 0 Å². The SMILES string of the molecule is COc1ccccc1Nc1nc(N)nc(CSc2nnc(-c3ccccc3Cl)n2N)n1. The van der Waals surface area contributed by atoms with Gasteiger partial charge in [0.1, 0.15) is 11.6 Å². The monoisotopic (exact) mass is 455 g/mol. The molecule has 0 amide bonds. The number of para-hydroxylation sites is 2. The van der Waals surface area contributed by atoms with Gasteiger partial charge in [0, 0.05) is 5.56 Å². The van der Waals surface area contributed by atoms with E-state index in [1.54, 1.807) is 13.2 Å². The Balaban J connectivity index is 1.51. The van der Waals surface area contributed by atoms with Crippen molar-refractivity contribution in [2.24, 2.45) is 0 Å². The van der Waals surface area contributed by atoms with Gasteiger partial charge in [-0.1, -0.05) is 47.6 Å². The lowest BCUT2D eigenvalue weighted by Crippen LogP contribution is -2.12. The van der Waals surface area contributed by atoms with E-state index in [1.165, 1.54) is 16.4 Å². The molecule has 12 heteroatoms. The molecular weight excluding hydrogens is 438 g/mol. The summed E-state index contributed by atoms with van der Waals surface area (Å²) in [5.41, 5.74) is 7.27. The summed E-state index contributed by atoms with van der Waals surface area (Å²) in [6.07, 6.45) is 0. The number of benzene rings is 2. The standard InChI is InChI=1S/C19H18ClN9OS/c1-30-14-9-5-4-8-13(14)23-18-25-15(24-17(21)26-18)10-31-19-28-27-16(29(19)22)11-6-2-3-7-12(11)20/h2-9H,10,22H2,1H3,(H3,21,23,24,25,26). The Morgan fingerprint density at radius 2 is 1.84 bits per heavy atom. The Kier molecular flexibility index (Phi) is 6.05. The van der Waals surface area contributed by atoms with E-state index in [0.717, 1.165) is 0 Å². The zero-order valence-corrected chi connectivity index (χ0v) is 17.9. The molecule has 4 rings (SSSR count). The minimum Gasteiger partial charge on any atom is -0.495 e. The van der Waals surface area contributed by atoms with Crippen LogP contribution in [0.15, 0.2) is 53.7 Å². The van der Waals surface area contributed by atoms with Crippen molar-refractivity contribution >= 4 is 40.9 Å². The van der Waals surface area contributed by atoms with Crippen molar-refractivity contribution in [2.45, 2.75) is 10.9 Å². The molecule has 0 bridgehead atoms. The van der Waals surface area contributed by atoms with E-state index >= 15 is 0 Å². The topological polar surface area (TPSA) is 143 Å². The lowest BCUT2D eigenvalue weighted by atomic mass is 10.2. The average molecular weight is 456 g/mol. The van der Waals surface area contributed by atoms with Gasteiger partial charge in [0.15, 0.2) is 5.82 Å². The zero-order valence-electron chi connectivity index (χ0n) is 16.4. The molecule has 0 spiro atoms. The van der Waals surface area contributed by atoms with Crippen LogP contribution in [0.5, 0.6) is 5.75 Å². The third-order valence-corrected chi connectivity index (χ3v) is 5.43. The van der Waals surface area contributed by atoms with E-state index in [-0.39, 0.29) is 5.95 Å². The van der Waals surface area contributed by atoms with Gasteiger partial charge in [-0.05, 0) is 24.3 Å². The van der Waals surface area contributed by atoms with E-state index < -0.39 is 0 Å². The first-order chi connectivity index (χ1) is 15.0. The van der Waals surface area contributed by atoms with Crippen molar-refractivity contribution in [1.82, 2.24) is 29.8 Å². The maximum atomic E-state index is 6.24. The lowest BCUT2D eigenvalue weighted by molar-refractivity contribution is 0.417. The van der Waals surface area contributed by atoms with Crippen LogP contribution in [-0.2, 0) is 5.75 Å². The Bertz CT molecular complexity index is 1220. The minimum atomic E-state index is 0.0916. The molecule has 2 aromatic carbocycles. The molecule has 2 heterocycles. The fraction of sp³-hybridized carbons (Fsp3) is 0.105. The Hall–Kier alpha value is -3.57. The highest BCUT2D eigenvalue weighted by Gasteiger charge is 2.16. The molecule has 10 nitrogen and oxygen atoms in total. The summed E-state index contributed by atoms with van der Waals surface area (Å²) >= 11 is 7.55. The summed E-state index contributed by atoms with van der Waals surface area (Å²) < 4.78 is 6.71. The lowest BCUT2D eigenvalue weighted by Gasteiger charge is -2.10. The van der Waals surface area contributed by atoms with Crippen molar-refractivity contribution in [2.75, 3.05) is 24.0 Å². The second-order valence-electron chi connectivity index (χ2n) is 6.20. The molecule has 2 aromatic heterocycles. The molecule has 5 N–H and O–H groups in total. The van der Waals surface area contributed by atoms with Crippen LogP contribution in [0.1, 0.15) is 5.82 Å². The van der Waals surface area contributed by atoms with Crippen LogP contribution in [0, 0.1) is 0 Å². The Morgan fingerprint density at radius 1 is 1.06 bits per heavy atom. The van der Waals surface area contributed by atoms with Gasteiger partial charge in [-0.15, -0.1) is 10.2 Å². The van der Waals surface area contributed by atoms with Crippen LogP contribution in [-0.4, -0.2) is 36.9 Å². The van der Waals surface area contributed by atoms with Crippen molar-refractivity contribution < 1.29 is 4.74 Å². The number of hydrogen-bond donors (Lipinski definition) is 3. The van der Waals surface area contributed by atoms with E-state index in [0.29, 0.717) is 50.5 Å². The largest absolute Gasteiger partial charge is 0.495 e. The molecule has 0 fully saturated rings. The number of thioether (sulfide) groups is 1. The van der Waals surface area contributed by atoms with Gasteiger partial charge in [0.05, 0.1) is 23.6 Å². The average Bonchev–Trinajstić information content (AvgIpc) is 3.13. The summed E-state index contributed by atoms with van der Waals surface area (Å²) in [6, 6.07) is 14.7. The van der Waals surface area contributed by atoms with Gasteiger partial charge in [0.2, 0.25) is 17.1 Å². The maximum absolute atomic E-state index is 6.24. The van der Waals surface area contributed by atoms with Crippen LogP contribution >= 0.6 is 23.4 Å². The van der Waals surface area contributed by atoms with Gasteiger partial charge in [0.25, 0.3) is 0 Å². The second-order valence-corrected chi connectivity index (χ2v) is 7.55. The highest BCUT2D eigenvalue weighted by molar-refractivity contribution is 7.98. The summed E-state index contributed by atoms with van der Waals surface area (Å²) in [5.74, 6) is 8.49. The van der Waals surface area contributed by atoms with Gasteiger partial charge < -0.3 is 21.6 Å². The third-order valence-electron chi connectivity index (χ3n) is 4.16. The first-order valence-corrected chi connectivity index (χ1v) is 10.4. The normalized spacial score (nSPS) is 10.8. The molecule has 0 saturated carbocycles. The number of rotatable bonds is 7. The van der Waals surface area contributed by atoms with Crippen LogP contribution in [0.3, 0.4) is 0 Å². The molecule has 31 heavy (non-hydrogen) atoms. The molecule has 0 aliphatic rings. The number of anilines is 3. The van der Waals surface area contributed by atoms with Crippen molar-refractivity contribution in [3.63, 3.8) is 0 Å². The molecule has 0 saturated heterocycles. The fourth-order valence-electron chi connectivity index (χ4n) is 2.76. The summed E-state index contributed by atoms with van der Waals surface area (Å²) in [5, 5.41) is 12.4. The predicted octanol–water partition coefficient (Wildman–Crippen LogP) is 3.12. The molecule has 0 unspecified atom stereocenters. The molecule has 158 valence electrons. The van der Waals surface area contributed by atoms with E-state index in [9.17, 15) is 0 Å². The first-order valence-electron chi connectivity index (χ1n) is 9.04. The molecule has 0 aliphatic carbocycles.